The number of likely N-dealkylation sites (tertiary alicyclic amines) is 1. The zero-order valence-electron chi connectivity index (χ0n) is 10.3. The minimum absolute atomic E-state index is 0.397. The van der Waals surface area contributed by atoms with Crippen molar-refractivity contribution in [2.24, 2.45) is 5.84 Å². The molecule has 0 saturated carbocycles. The third kappa shape index (κ3) is 3.57. The first kappa shape index (κ1) is 12.1. The highest BCUT2D eigenvalue weighted by molar-refractivity contribution is 5.44. The molecular formula is C12H21N5. The summed E-state index contributed by atoms with van der Waals surface area (Å²) in [7, 11) is 0. The fourth-order valence-corrected chi connectivity index (χ4v) is 2.25. The van der Waals surface area contributed by atoms with Gasteiger partial charge in [0, 0.05) is 12.6 Å². The zero-order valence-corrected chi connectivity index (χ0v) is 10.3. The van der Waals surface area contributed by atoms with Crippen molar-refractivity contribution in [3.63, 3.8) is 0 Å². The maximum absolute atomic E-state index is 5.33. The van der Waals surface area contributed by atoms with Gasteiger partial charge in [0.15, 0.2) is 0 Å². The Morgan fingerprint density at radius 1 is 1.35 bits per heavy atom. The van der Waals surface area contributed by atoms with Gasteiger partial charge >= 0.3 is 0 Å². The second-order valence-corrected chi connectivity index (χ2v) is 4.61. The largest absolute Gasteiger partial charge is 0.366 e. The summed E-state index contributed by atoms with van der Waals surface area (Å²) in [5.41, 5.74) is 2.55. The lowest BCUT2D eigenvalue weighted by Crippen LogP contribution is -2.33. The van der Waals surface area contributed by atoms with E-state index in [0.717, 1.165) is 12.4 Å². The molecule has 0 aromatic carbocycles. The van der Waals surface area contributed by atoms with Gasteiger partial charge in [0.2, 0.25) is 0 Å². The van der Waals surface area contributed by atoms with Gasteiger partial charge in [-0.05, 0) is 45.0 Å². The summed E-state index contributed by atoms with van der Waals surface area (Å²) in [6.45, 7) is 5.71. The first-order valence-electron chi connectivity index (χ1n) is 6.20. The van der Waals surface area contributed by atoms with Crippen molar-refractivity contribution in [1.29, 1.82) is 0 Å². The van der Waals surface area contributed by atoms with Crippen LogP contribution in [0.2, 0.25) is 0 Å². The molecule has 0 radical (unpaired) electrons. The van der Waals surface area contributed by atoms with Gasteiger partial charge in [-0.3, -0.25) is 0 Å². The van der Waals surface area contributed by atoms with Crippen molar-refractivity contribution >= 4 is 11.6 Å². The van der Waals surface area contributed by atoms with E-state index in [2.05, 4.69) is 27.6 Å². The molecule has 1 aromatic heterocycles. The van der Waals surface area contributed by atoms with Gasteiger partial charge in [0.05, 0.1) is 0 Å². The molecule has 2 heterocycles. The number of nitrogen functional groups attached to an aromatic ring is 1. The Morgan fingerprint density at radius 2 is 2.06 bits per heavy atom. The molecule has 0 aliphatic carbocycles. The number of anilines is 2. The molecule has 0 spiro atoms. The lowest BCUT2D eigenvalue weighted by atomic mass is 10.3. The third-order valence-electron chi connectivity index (χ3n) is 3.02. The van der Waals surface area contributed by atoms with Gasteiger partial charge in [-0.1, -0.05) is 6.07 Å². The van der Waals surface area contributed by atoms with Crippen LogP contribution in [-0.2, 0) is 0 Å². The predicted octanol–water partition coefficient (Wildman–Crippen LogP) is 1.26. The molecule has 1 fully saturated rings. The Bertz CT molecular complexity index is 349. The van der Waals surface area contributed by atoms with Crippen LogP contribution in [0.25, 0.3) is 0 Å². The second kappa shape index (κ2) is 5.84. The van der Waals surface area contributed by atoms with Crippen molar-refractivity contribution in [3.05, 3.63) is 18.2 Å². The molecule has 1 unspecified atom stereocenters. The van der Waals surface area contributed by atoms with Crippen LogP contribution in [-0.4, -0.2) is 35.6 Å². The monoisotopic (exact) mass is 235 g/mol. The number of nitrogens with two attached hydrogens (primary N) is 1. The standard InChI is InChI=1S/C12H21N5/c1-10(9-17-7-2-3-8-17)14-11-5-4-6-12(15-11)16-13/h4-6,10H,2-3,7-9,13H2,1H3,(H2,14,15,16). The van der Waals surface area contributed by atoms with Crippen LogP contribution >= 0.6 is 0 Å². The first-order valence-corrected chi connectivity index (χ1v) is 6.20. The van der Waals surface area contributed by atoms with E-state index in [1.807, 2.05) is 18.2 Å². The Kier molecular flexibility index (Phi) is 4.17. The fourth-order valence-electron chi connectivity index (χ4n) is 2.25. The molecule has 4 N–H and O–H groups in total. The van der Waals surface area contributed by atoms with Gasteiger partial charge in [-0.2, -0.15) is 0 Å². The topological polar surface area (TPSA) is 66.2 Å². The SMILES string of the molecule is CC(CN1CCCC1)Nc1cccc(NN)n1. The van der Waals surface area contributed by atoms with Crippen molar-refractivity contribution < 1.29 is 0 Å². The predicted molar refractivity (Wildman–Crippen MR) is 70.8 cm³/mol. The number of hydrogen-bond acceptors (Lipinski definition) is 5. The van der Waals surface area contributed by atoms with Crippen LogP contribution in [0.1, 0.15) is 19.8 Å². The Hall–Kier alpha value is -1.33. The lowest BCUT2D eigenvalue weighted by Gasteiger charge is -2.21. The molecule has 1 saturated heterocycles. The van der Waals surface area contributed by atoms with Crippen molar-refractivity contribution in [3.8, 4) is 0 Å². The molecule has 2 rings (SSSR count). The molecule has 1 aliphatic heterocycles. The number of rotatable bonds is 5. The number of nitrogens with one attached hydrogen (secondary N) is 2. The smallest absolute Gasteiger partial charge is 0.142 e. The number of aromatic nitrogens is 1. The van der Waals surface area contributed by atoms with E-state index in [9.17, 15) is 0 Å². The number of hydrazine groups is 1. The van der Waals surface area contributed by atoms with E-state index in [1.54, 1.807) is 0 Å². The van der Waals surface area contributed by atoms with E-state index in [0.29, 0.717) is 11.9 Å². The Morgan fingerprint density at radius 3 is 2.76 bits per heavy atom. The van der Waals surface area contributed by atoms with Gasteiger partial charge in [-0.15, -0.1) is 0 Å². The summed E-state index contributed by atoms with van der Waals surface area (Å²) in [6.07, 6.45) is 2.66. The molecule has 5 nitrogen and oxygen atoms in total. The van der Waals surface area contributed by atoms with E-state index in [1.165, 1.54) is 25.9 Å². The summed E-state index contributed by atoms with van der Waals surface area (Å²) < 4.78 is 0. The van der Waals surface area contributed by atoms with E-state index in [4.69, 9.17) is 5.84 Å². The average Bonchev–Trinajstić information content (AvgIpc) is 2.82. The number of hydrogen-bond donors (Lipinski definition) is 3. The maximum atomic E-state index is 5.33. The van der Waals surface area contributed by atoms with Crippen molar-refractivity contribution in [1.82, 2.24) is 9.88 Å². The van der Waals surface area contributed by atoms with Crippen molar-refractivity contribution in [2.75, 3.05) is 30.4 Å². The summed E-state index contributed by atoms with van der Waals surface area (Å²) in [5.74, 6) is 6.88. The first-order chi connectivity index (χ1) is 8.28. The molecule has 5 heteroatoms. The quantitative estimate of drug-likeness (QED) is 0.530. The summed E-state index contributed by atoms with van der Waals surface area (Å²) in [5, 5.41) is 3.40. The fraction of sp³-hybridized carbons (Fsp3) is 0.583. The second-order valence-electron chi connectivity index (χ2n) is 4.61. The Balaban J connectivity index is 1.85. The molecule has 94 valence electrons. The lowest BCUT2D eigenvalue weighted by molar-refractivity contribution is 0.327. The van der Waals surface area contributed by atoms with Crippen LogP contribution in [0, 0.1) is 0 Å². The van der Waals surface area contributed by atoms with Crippen LogP contribution in [0.4, 0.5) is 11.6 Å². The average molecular weight is 235 g/mol. The molecule has 1 atom stereocenters. The van der Waals surface area contributed by atoms with E-state index < -0.39 is 0 Å². The van der Waals surface area contributed by atoms with Gasteiger partial charge in [0.1, 0.15) is 11.6 Å². The molecule has 0 amide bonds. The number of pyridine rings is 1. The van der Waals surface area contributed by atoms with E-state index >= 15 is 0 Å². The van der Waals surface area contributed by atoms with Gasteiger partial charge in [-0.25, -0.2) is 10.8 Å². The molecule has 1 aromatic rings. The zero-order chi connectivity index (χ0) is 12.1. The van der Waals surface area contributed by atoms with Gasteiger partial charge < -0.3 is 15.6 Å². The highest BCUT2D eigenvalue weighted by Crippen LogP contribution is 2.12. The van der Waals surface area contributed by atoms with Crippen LogP contribution in [0.15, 0.2) is 18.2 Å². The summed E-state index contributed by atoms with van der Waals surface area (Å²) in [6, 6.07) is 6.14. The molecule has 1 aliphatic rings. The van der Waals surface area contributed by atoms with Crippen LogP contribution < -0.4 is 16.6 Å². The minimum atomic E-state index is 0.397. The normalized spacial score (nSPS) is 18.0. The molecule has 0 bridgehead atoms. The van der Waals surface area contributed by atoms with E-state index in [-0.39, 0.29) is 0 Å². The van der Waals surface area contributed by atoms with Gasteiger partial charge in [0.25, 0.3) is 0 Å². The third-order valence-corrected chi connectivity index (χ3v) is 3.02. The number of nitrogens with zero attached hydrogens (tertiary/aromatic N) is 2. The minimum Gasteiger partial charge on any atom is -0.366 e. The highest BCUT2D eigenvalue weighted by atomic mass is 15.3. The van der Waals surface area contributed by atoms with Crippen LogP contribution in [0.3, 0.4) is 0 Å². The molecular weight excluding hydrogens is 214 g/mol. The van der Waals surface area contributed by atoms with Crippen LogP contribution in [0.5, 0.6) is 0 Å². The Labute approximate surface area is 102 Å². The maximum Gasteiger partial charge on any atom is 0.142 e. The summed E-state index contributed by atoms with van der Waals surface area (Å²) in [4.78, 5) is 6.83. The summed E-state index contributed by atoms with van der Waals surface area (Å²) >= 11 is 0. The highest BCUT2D eigenvalue weighted by Gasteiger charge is 2.14. The molecule has 17 heavy (non-hydrogen) atoms. The van der Waals surface area contributed by atoms with Crippen molar-refractivity contribution in [2.45, 2.75) is 25.8 Å².